The summed E-state index contributed by atoms with van der Waals surface area (Å²) in [5.74, 6) is 0.528. The van der Waals surface area contributed by atoms with Crippen molar-refractivity contribution in [3.8, 4) is 0 Å². The average molecular weight is 336 g/mol. The highest BCUT2D eigenvalue weighted by atomic mass is 79.9. The molecular formula is C15H18BrN3O. The molecule has 4 nitrogen and oxygen atoms in total. The van der Waals surface area contributed by atoms with Crippen molar-refractivity contribution in [3.63, 3.8) is 0 Å². The molecule has 0 aliphatic carbocycles. The summed E-state index contributed by atoms with van der Waals surface area (Å²) >= 11 is 3.39. The molecule has 0 bridgehead atoms. The van der Waals surface area contributed by atoms with Crippen LogP contribution < -0.4 is 10.9 Å². The second-order valence-corrected chi connectivity index (χ2v) is 6.06. The number of anilines is 1. The summed E-state index contributed by atoms with van der Waals surface area (Å²) in [5.41, 5.74) is 1.73. The molecule has 5 heteroatoms. The van der Waals surface area contributed by atoms with Crippen LogP contribution in [0.4, 0.5) is 5.69 Å². The van der Waals surface area contributed by atoms with E-state index in [1.54, 1.807) is 12.3 Å². The van der Waals surface area contributed by atoms with Crippen molar-refractivity contribution in [2.24, 2.45) is 5.92 Å². The van der Waals surface area contributed by atoms with Gasteiger partial charge in [0.1, 0.15) is 0 Å². The van der Waals surface area contributed by atoms with Gasteiger partial charge in [0.2, 0.25) is 0 Å². The monoisotopic (exact) mass is 335 g/mol. The van der Waals surface area contributed by atoms with Gasteiger partial charge in [-0.25, -0.2) is 4.68 Å². The molecule has 0 amide bonds. The number of aromatic nitrogens is 2. The first kappa shape index (κ1) is 14.8. The van der Waals surface area contributed by atoms with Gasteiger partial charge < -0.3 is 5.32 Å². The van der Waals surface area contributed by atoms with Gasteiger partial charge in [-0.15, -0.1) is 0 Å². The van der Waals surface area contributed by atoms with Gasteiger partial charge in [-0.05, 0) is 23.6 Å². The quantitative estimate of drug-likeness (QED) is 0.913. The molecule has 0 spiro atoms. The summed E-state index contributed by atoms with van der Waals surface area (Å²) in [6.45, 7) is 5.55. The lowest BCUT2D eigenvalue weighted by atomic mass is 10.2. The molecule has 106 valence electrons. The Morgan fingerprint density at radius 2 is 2.00 bits per heavy atom. The zero-order chi connectivity index (χ0) is 14.5. The first-order valence-corrected chi connectivity index (χ1v) is 7.39. The second kappa shape index (κ2) is 6.70. The Hall–Kier alpha value is -1.62. The number of nitrogens with one attached hydrogen (secondary N) is 1. The second-order valence-electron chi connectivity index (χ2n) is 5.14. The highest BCUT2D eigenvalue weighted by Crippen LogP contribution is 2.11. The van der Waals surface area contributed by atoms with E-state index in [0.29, 0.717) is 12.5 Å². The van der Waals surface area contributed by atoms with Crippen LogP contribution in [0.5, 0.6) is 0 Å². The van der Waals surface area contributed by atoms with Crippen LogP contribution in [0.25, 0.3) is 0 Å². The molecule has 20 heavy (non-hydrogen) atoms. The van der Waals surface area contributed by atoms with Gasteiger partial charge in [-0.1, -0.05) is 41.9 Å². The van der Waals surface area contributed by atoms with E-state index in [1.807, 2.05) is 24.3 Å². The lowest BCUT2D eigenvalue weighted by Crippen LogP contribution is -2.23. The van der Waals surface area contributed by atoms with E-state index in [1.165, 1.54) is 4.68 Å². The summed E-state index contributed by atoms with van der Waals surface area (Å²) < 4.78 is 2.49. The molecule has 0 saturated heterocycles. The van der Waals surface area contributed by atoms with Crippen LogP contribution in [-0.2, 0) is 6.54 Å². The van der Waals surface area contributed by atoms with Gasteiger partial charge >= 0.3 is 0 Å². The van der Waals surface area contributed by atoms with Crippen LogP contribution in [0.15, 0.2) is 45.8 Å². The van der Waals surface area contributed by atoms with Gasteiger partial charge in [0.05, 0.1) is 18.4 Å². The smallest absolute Gasteiger partial charge is 0.269 e. The minimum absolute atomic E-state index is 0.0957. The largest absolute Gasteiger partial charge is 0.383 e. The van der Waals surface area contributed by atoms with Crippen molar-refractivity contribution in [2.75, 3.05) is 11.9 Å². The third-order valence-corrected chi connectivity index (χ3v) is 3.36. The van der Waals surface area contributed by atoms with E-state index in [-0.39, 0.29) is 5.56 Å². The first-order chi connectivity index (χ1) is 9.54. The summed E-state index contributed by atoms with van der Waals surface area (Å²) in [6.07, 6.45) is 1.70. The molecule has 0 atom stereocenters. The van der Waals surface area contributed by atoms with Crippen molar-refractivity contribution < 1.29 is 0 Å². The molecule has 2 rings (SSSR count). The first-order valence-electron chi connectivity index (χ1n) is 6.60. The minimum Gasteiger partial charge on any atom is -0.383 e. The Balaban J connectivity index is 2.09. The van der Waals surface area contributed by atoms with Crippen molar-refractivity contribution in [3.05, 3.63) is 56.9 Å². The average Bonchev–Trinajstić information content (AvgIpc) is 2.41. The predicted octanol–water partition coefficient (Wildman–Crippen LogP) is 3.12. The van der Waals surface area contributed by atoms with Gasteiger partial charge in [-0.2, -0.15) is 5.10 Å². The number of benzene rings is 1. The van der Waals surface area contributed by atoms with Crippen LogP contribution in [0.3, 0.4) is 0 Å². The van der Waals surface area contributed by atoms with E-state index in [0.717, 1.165) is 22.3 Å². The van der Waals surface area contributed by atoms with Crippen LogP contribution in [0.2, 0.25) is 0 Å². The maximum absolute atomic E-state index is 12.0. The summed E-state index contributed by atoms with van der Waals surface area (Å²) in [5, 5.41) is 7.41. The summed E-state index contributed by atoms with van der Waals surface area (Å²) in [6, 6.07) is 9.46. The maximum Gasteiger partial charge on any atom is 0.269 e. The molecular weight excluding hydrogens is 318 g/mol. The van der Waals surface area contributed by atoms with Crippen LogP contribution in [0.1, 0.15) is 19.4 Å². The number of rotatable bonds is 5. The summed E-state index contributed by atoms with van der Waals surface area (Å²) in [4.78, 5) is 12.0. The Kier molecular flexibility index (Phi) is 4.95. The molecule has 0 radical (unpaired) electrons. The normalized spacial score (nSPS) is 10.8. The van der Waals surface area contributed by atoms with E-state index >= 15 is 0 Å². The van der Waals surface area contributed by atoms with Gasteiger partial charge in [0.25, 0.3) is 5.56 Å². The standard InChI is InChI=1S/C15H18BrN3O/c1-11(2)8-17-14-7-15(20)19(18-9-14)10-12-3-5-13(16)6-4-12/h3-7,9,11,17H,8,10H2,1-2H3. The zero-order valence-electron chi connectivity index (χ0n) is 11.6. The molecule has 1 N–H and O–H groups in total. The Bertz CT molecular complexity index is 620. The molecule has 1 aromatic heterocycles. The van der Waals surface area contributed by atoms with E-state index < -0.39 is 0 Å². The van der Waals surface area contributed by atoms with Gasteiger partial charge in [0, 0.05) is 17.1 Å². The van der Waals surface area contributed by atoms with E-state index in [4.69, 9.17) is 0 Å². The van der Waals surface area contributed by atoms with Crippen molar-refractivity contribution in [1.29, 1.82) is 0 Å². The lowest BCUT2D eigenvalue weighted by molar-refractivity contribution is 0.637. The number of nitrogens with zero attached hydrogens (tertiary/aromatic N) is 2. The Morgan fingerprint density at radius 1 is 1.30 bits per heavy atom. The number of hydrogen-bond donors (Lipinski definition) is 1. The zero-order valence-corrected chi connectivity index (χ0v) is 13.2. The van der Waals surface area contributed by atoms with Crippen molar-refractivity contribution >= 4 is 21.6 Å². The molecule has 0 fully saturated rings. The molecule has 0 aliphatic heterocycles. The highest BCUT2D eigenvalue weighted by Gasteiger charge is 2.02. The van der Waals surface area contributed by atoms with Crippen LogP contribution in [-0.4, -0.2) is 16.3 Å². The molecule has 0 unspecified atom stereocenters. The van der Waals surface area contributed by atoms with Crippen LogP contribution in [0, 0.1) is 5.92 Å². The van der Waals surface area contributed by atoms with Crippen LogP contribution >= 0.6 is 15.9 Å². The minimum atomic E-state index is -0.0957. The SMILES string of the molecule is CC(C)CNc1cnn(Cc2ccc(Br)cc2)c(=O)c1. The fraction of sp³-hybridized carbons (Fsp3) is 0.333. The van der Waals surface area contributed by atoms with Crippen molar-refractivity contribution in [1.82, 2.24) is 9.78 Å². The Labute approximate surface area is 127 Å². The highest BCUT2D eigenvalue weighted by molar-refractivity contribution is 9.10. The van der Waals surface area contributed by atoms with Gasteiger partial charge in [-0.3, -0.25) is 4.79 Å². The third-order valence-electron chi connectivity index (χ3n) is 2.83. The lowest BCUT2D eigenvalue weighted by Gasteiger charge is -2.10. The predicted molar refractivity (Wildman–Crippen MR) is 85.1 cm³/mol. The van der Waals surface area contributed by atoms with Crippen molar-refractivity contribution in [2.45, 2.75) is 20.4 Å². The number of halogens is 1. The van der Waals surface area contributed by atoms with E-state index in [9.17, 15) is 4.79 Å². The molecule has 0 saturated carbocycles. The van der Waals surface area contributed by atoms with E-state index in [2.05, 4.69) is 40.2 Å². The molecule has 2 aromatic rings. The van der Waals surface area contributed by atoms with Gasteiger partial charge in [0.15, 0.2) is 0 Å². The molecule has 0 aliphatic rings. The molecule has 1 aromatic carbocycles. The Morgan fingerprint density at radius 3 is 2.60 bits per heavy atom. The number of hydrogen-bond acceptors (Lipinski definition) is 3. The molecule has 1 heterocycles. The maximum atomic E-state index is 12.0. The topological polar surface area (TPSA) is 46.9 Å². The third kappa shape index (κ3) is 4.20. The fourth-order valence-electron chi connectivity index (χ4n) is 1.73. The fourth-order valence-corrected chi connectivity index (χ4v) is 2.00. The summed E-state index contributed by atoms with van der Waals surface area (Å²) in [7, 11) is 0.